The molecule has 0 bridgehead atoms. The Labute approximate surface area is 51.5 Å². The molecule has 8 heavy (non-hydrogen) atoms. The van der Waals surface area contributed by atoms with Gasteiger partial charge in [0.1, 0.15) is 0 Å². The van der Waals surface area contributed by atoms with E-state index in [0.29, 0.717) is 0 Å². The molecule has 0 rings (SSSR count). The molecule has 0 aromatic carbocycles. The van der Waals surface area contributed by atoms with Crippen LogP contribution < -0.4 is 5.73 Å². The van der Waals surface area contributed by atoms with E-state index in [1.165, 1.54) is 0 Å². The van der Waals surface area contributed by atoms with E-state index in [2.05, 4.69) is 5.73 Å². The second-order valence-corrected chi connectivity index (χ2v) is 1.33. The number of rotatable bonds is 0. The first-order valence-electron chi connectivity index (χ1n) is 1.77. The molecule has 0 aliphatic rings. The molecule has 0 heterocycles. The minimum absolute atomic E-state index is 0. The molecular weight excluding hydrogens is 142 g/mol. The molecule has 1 nitrogen and oxygen atoms in total. The third-order valence-electron chi connectivity index (χ3n) is 0.516. The Bertz CT molecular complexity index is 60.0. The monoisotopic (exact) mass is 149 g/mol. The zero-order valence-electron chi connectivity index (χ0n) is 4.20. The summed E-state index contributed by atoms with van der Waals surface area (Å²) in [5.74, 6) is 0. The van der Waals surface area contributed by atoms with Gasteiger partial charge in [0, 0.05) is 0 Å². The van der Waals surface area contributed by atoms with E-state index in [9.17, 15) is 13.2 Å². The average Bonchev–Trinajstić information content (AvgIpc) is 1.31. The highest BCUT2D eigenvalue weighted by Crippen LogP contribution is 2.16. The van der Waals surface area contributed by atoms with Crippen molar-refractivity contribution in [1.82, 2.24) is 0 Å². The fourth-order valence-corrected chi connectivity index (χ4v) is 0. The largest absolute Gasteiger partial charge is 0.403 e. The van der Waals surface area contributed by atoms with Crippen molar-refractivity contribution in [3.8, 4) is 0 Å². The first-order valence-corrected chi connectivity index (χ1v) is 1.77. The summed E-state index contributed by atoms with van der Waals surface area (Å²) in [6, 6.07) is -1.70. The summed E-state index contributed by atoms with van der Waals surface area (Å²) >= 11 is 0. The normalized spacial score (nSPS) is 14.6. The highest BCUT2D eigenvalue weighted by Gasteiger charge is 2.32. The van der Waals surface area contributed by atoms with Crippen LogP contribution in [-0.2, 0) is 0 Å². The third-order valence-corrected chi connectivity index (χ3v) is 0.516. The molecule has 0 aliphatic carbocycles. The minimum atomic E-state index is -4.22. The van der Waals surface area contributed by atoms with Crippen molar-refractivity contribution in [3.05, 3.63) is 0 Å². The average molecular weight is 150 g/mol. The summed E-state index contributed by atoms with van der Waals surface area (Å²) in [4.78, 5) is 0. The van der Waals surface area contributed by atoms with Crippen molar-refractivity contribution in [2.24, 2.45) is 5.73 Å². The van der Waals surface area contributed by atoms with Gasteiger partial charge in [-0.1, -0.05) is 0 Å². The Balaban J connectivity index is 0. The standard InChI is InChI=1S/C3H6F3N.ClH/c1-2(7)3(4,5)6;/h2H,7H2,1H3;1H. The molecule has 0 radical (unpaired) electrons. The molecule has 1 unspecified atom stereocenters. The zero-order chi connectivity index (χ0) is 6.08. The molecule has 0 aromatic rings. The Kier molecular flexibility index (Phi) is 4.29. The Morgan fingerprint density at radius 1 is 1.38 bits per heavy atom. The van der Waals surface area contributed by atoms with Crippen LogP contribution in [0, 0.1) is 0 Å². The fraction of sp³-hybridized carbons (Fsp3) is 1.00. The van der Waals surface area contributed by atoms with Crippen molar-refractivity contribution in [2.45, 2.75) is 19.1 Å². The molecule has 0 aliphatic heterocycles. The van der Waals surface area contributed by atoms with E-state index in [4.69, 9.17) is 0 Å². The second kappa shape index (κ2) is 3.14. The van der Waals surface area contributed by atoms with Gasteiger partial charge in [-0.15, -0.1) is 12.4 Å². The minimum Gasteiger partial charge on any atom is -0.320 e. The van der Waals surface area contributed by atoms with E-state index in [1.54, 1.807) is 0 Å². The lowest BCUT2D eigenvalue weighted by Crippen LogP contribution is -2.33. The van der Waals surface area contributed by atoms with Gasteiger partial charge >= 0.3 is 6.18 Å². The lowest BCUT2D eigenvalue weighted by Gasteiger charge is -2.07. The SMILES string of the molecule is CC(N)C(F)(F)F.Cl. The van der Waals surface area contributed by atoms with Gasteiger partial charge in [-0.05, 0) is 6.92 Å². The highest BCUT2D eigenvalue weighted by atomic mass is 35.5. The van der Waals surface area contributed by atoms with E-state index in [1.807, 2.05) is 0 Å². The predicted octanol–water partition coefficient (Wildman–Crippen LogP) is 1.32. The third kappa shape index (κ3) is 4.21. The first kappa shape index (κ1) is 10.9. The maximum absolute atomic E-state index is 11.1. The lowest BCUT2D eigenvalue weighted by molar-refractivity contribution is -0.143. The molecule has 0 amide bonds. The van der Waals surface area contributed by atoms with Crippen molar-refractivity contribution < 1.29 is 13.2 Å². The molecule has 0 saturated carbocycles. The molecule has 52 valence electrons. The summed E-state index contributed by atoms with van der Waals surface area (Å²) < 4.78 is 33.2. The summed E-state index contributed by atoms with van der Waals surface area (Å²) in [5.41, 5.74) is 4.44. The first-order chi connectivity index (χ1) is 2.94. The predicted molar refractivity (Wildman–Crippen MR) is 27.0 cm³/mol. The van der Waals surface area contributed by atoms with Gasteiger partial charge in [-0.25, -0.2) is 0 Å². The van der Waals surface area contributed by atoms with Crippen molar-refractivity contribution in [3.63, 3.8) is 0 Å². The fourth-order valence-electron chi connectivity index (χ4n) is 0. The van der Waals surface area contributed by atoms with E-state index < -0.39 is 12.2 Å². The Morgan fingerprint density at radius 3 is 1.50 bits per heavy atom. The summed E-state index contributed by atoms with van der Waals surface area (Å²) in [6.45, 7) is 0.903. The second-order valence-electron chi connectivity index (χ2n) is 1.33. The number of nitrogens with two attached hydrogens (primary N) is 1. The van der Waals surface area contributed by atoms with Crippen molar-refractivity contribution in [2.75, 3.05) is 0 Å². The van der Waals surface area contributed by atoms with Crippen LogP contribution in [0.4, 0.5) is 13.2 Å². The van der Waals surface area contributed by atoms with E-state index in [0.717, 1.165) is 6.92 Å². The van der Waals surface area contributed by atoms with Gasteiger partial charge in [0.25, 0.3) is 0 Å². The van der Waals surface area contributed by atoms with Crippen LogP contribution >= 0.6 is 12.4 Å². The smallest absolute Gasteiger partial charge is 0.320 e. The molecule has 0 spiro atoms. The van der Waals surface area contributed by atoms with Crippen LogP contribution in [0.3, 0.4) is 0 Å². The van der Waals surface area contributed by atoms with Crippen LogP contribution in [0.1, 0.15) is 6.92 Å². The Morgan fingerprint density at radius 2 is 1.50 bits per heavy atom. The van der Waals surface area contributed by atoms with Crippen LogP contribution in [0.5, 0.6) is 0 Å². The van der Waals surface area contributed by atoms with Crippen molar-refractivity contribution >= 4 is 12.4 Å². The number of halogens is 4. The molecule has 5 heteroatoms. The quantitative estimate of drug-likeness (QED) is 0.552. The van der Waals surface area contributed by atoms with Gasteiger partial charge in [0.15, 0.2) is 0 Å². The number of alkyl halides is 3. The molecule has 0 saturated heterocycles. The molecule has 0 fully saturated rings. The molecular formula is C3H7ClF3N. The van der Waals surface area contributed by atoms with E-state index in [-0.39, 0.29) is 12.4 Å². The molecule has 1 atom stereocenters. The summed E-state index contributed by atoms with van der Waals surface area (Å²) in [5, 5.41) is 0. The molecule has 2 N–H and O–H groups in total. The summed E-state index contributed by atoms with van der Waals surface area (Å²) in [6.07, 6.45) is -4.22. The number of hydrogen-bond acceptors (Lipinski definition) is 1. The molecule has 0 aromatic heterocycles. The van der Waals surface area contributed by atoms with E-state index >= 15 is 0 Å². The Hall–Kier alpha value is 0.0400. The van der Waals surface area contributed by atoms with Gasteiger partial charge < -0.3 is 5.73 Å². The lowest BCUT2D eigenvalue weighted by atomic mass is 10.4. The highest BCUT2D eigenvalue weighted by molar-refractivity contribution is 5.85. The maximum Gasteiger partial charge on any atom is 0.403 e. The van der Waals surface area contributed by atoms with Crippen molar-refractivity contribution in [1.29, 1.82) is 0 Å². The number of hydrogen-bond donors (Lipinski definition) is 1. The van der Waals surface area contributed by atoms with Gasteiger partial charge in [-0.3, -0.25) is 0 Å². The zero-order valence-corrected chi connectivity index (χ0v) is 5.01. The van der Waals surface area contributed by atoms with Crippen LogP contribution in [-0.4, -0.2) is 12.2 Å². The van der Waals surface area contributed by atoms with Crippen LogP contribution in [0.2, 0.25) is 0 Å². The van der Waals surface area contributed by atoms with Gasteiger partial charge in [-0.2, -0.15) is 13.2 Å². The van der Waals surface area contributed by atoms with Gasteiger partial charge in [0.2, 0.25) is 0 Å². The van der Waals surface area contributed by atoms with Gasteiger partial charge in [0.05, 0.1) is 6.04 Å². The maximum atomic E-state index is 11.1. The summed E-state index contributed by atoms with van der Waals surface area (Å²) in [7, 11) is 0. The topological polar surface area (TPSA) is 26.0 Å². The van der Waals surface area contributed by atoms with Crippen LogP contribution in [0.15, 0.2) is 0 Å². The van der Waals surface area contributed by atoms with Crippen LogP contribution in [0.25, 0.3) is 0 Å².